The van der Waals surface area contributed by atoms with E-state index in [9.17, 15) is 4.79 Å². The van der Waals surface area contributed by atoms with Gasteiger partial charge in [0.2, 0.25) is 11.6 Å². The van der Waals surface area contributed by atoms with Crippen LogP contribution in [0.1, 0.15) is 22.5 Å². The summed E-state index contributed by atoms with van der Waals surface area (Å²) >= 11 is 0. The highest BCUT2D eigenvalue weighted by molar-refractivity contribution is 5.87. The fourth-order valence-corrected chi connectivity index (χ4v) is 1.67. The fraction of sp³-hybridized carbons (Fsp3) is 0.214. The first-order chi connectivity index (χ1) is 9.27. The monoisotopic (exact) mass is 258 g/mol. The van der Waals surface area contributed by atoms with Crippen LogP contribution in [0.25, 0.3) is 0 Å². The number of ether oxygens (including phenoxy) is 1. The van der Waals surface area contributed by atoms with Crippen molar-refractivity contribution in [1.82, 2.24) is 9.97 Å². The fourth-order valence-electron chi connectivity index (χ4n) is 1.67. The Morgan fingerprint density at radius 1 is 1.16 bits per heavy atom. The molecule has 1 N–H and O–H groups in total. The highest BCUT2D eigenvalue weighted by Crippen LogP contribution is 2.12. The number of aromatic nitrogens is 2. The summed E-state index contributed by atoms with van der Waals surface area (Å²) in [4.78, 5) is 18.5. The van der Waals surface area contributed by atoms with E-state index in [-0.39, 0.29) is 11.6 Å². The molecule has 0 fully saturated rings. The number of carbonyl (C=O) groups is 1. The number of benzene rings is 1. The SMILES string of the molecule is O=C(O)c1nccnc1OCCCc1ccccc1. The van der Waals surface area contributed by atoms with E-state index in [1.807, 2.05) is 30.3 Å². The average Bonchev–Trinajstić information content (AvgIpc) is 2.45. The lowest BCUT2D eigenvalue weighted by molar-refractivity contribution is 0.0684. The van der Waals surface area contributed by atoms with Crippen molar-refractivity contribution in [3.8, 4) is 5.88 Å². The third-order valence-electron chi connectivity index (χ3n) is 2.56. The van der Waals surface area contributed by atoms with E-state index in [1.165, 1.54) is 18.0 Å². The van der Waals surface area contributed by atoms with Gasteiger partial charge in [-0.3, -0.25) is 0 Å². The summed E-state index contributed by atoms with van der Waals surface area (Å²) in [7, 11) is 0. The molecule has 5 heteroatoms. The van der Waals surface area contributed by atoms with Gasteiger partial charge in [-0.1, -0.05) is 30.3 Å². The van der Waals surface area contributed by atoms with Gasteiger partial charge in [0.25, 0.3) is 0 Å². The molecule has 1 heterocycles. The maximum absolute atomic E-state index is 10.9. The summed E-state index contributed by atoms with van der Waals surface area (Å²) in [5.74, 6) is -1.06. The third kappa shape index (κ3) is 3.77. The summed E-state index contributed by atoms with van der Waals surface area (Å²) in [6.07, 6.45) is 4.42. The Balaban J connectivity index is 1.85. The van der Waals surface area contributed by atoms with Gasteiger partial charge in [0.05, 0.1) is 6.61 Å². The van der Waals surface area contributed by atoms with E-state index in [1.54, 1.807) is 0 Å². The molecule has 19 heavy (non-hydrogen) atoms. The summed E-state index contributed by atoms with van der Waals surface area (Å²) in [5.41, 5.74) is 1.07. The lowest BCUT2D eigenvalue weighted by atomic mass is 10.1. The number of carboxylic acids is 1. The maximum Gasteiger partial charge on any atom is 0.360 e. The molecule has 0 aliphatic rings. The van der Waals surface area contributed by atoms with Crippen LogP contribution in [0, 0.1) is 0 Å². The molecule has 1 aromatic carbocycles. The minimum Gasteiger partial charge on any atom is -0.476 e. The molecule has 0 aliphatic carbocycles. The molecule has 0 spiro atoms. The molecule has 0 atom stereocenters. The van der Waals surface area contributed by atoms with Gasteiger partial charge >= 0.3 is 5.97 Å². The van der Waals surface area contributed by atoms with Gasteiger partial charge in [0.1, 0.15) is 0 Å². The summed E-state index contributed by atoms with van der Waals surface area (Å²) in [5, 5.41) is 8.92. The Bertz CT molecular complexity index is 543. The van der Waals surface area contributed by atoms with Gasteiger partial charge in [-0.2, -0.15) is 0 Å². The van der Waals surface area contributed by atoms with Crippen molar-refractivity contribution in [3.05, 3.63) is 54.0 Å². The van der Waals surface area contributed by atoms with Crippen molar-refractivity contribution < 1.29 is 14.6 Å². The number of hydrogen-bond acceptors (Lipinski definition) is 4. The second-order valence-corrected chi connectivity index (χ2v) is 3.95. The zero-order valence-electron chi connectivity index (χ0n) is 10.3. The Morgan fingerprint density at radius 2 is 1.89 bits per heavy atom. The highest BCUT2D eigenvalue weighted by atomic mass is 16.5. The van der Waals surface area contributed by atoms with Crippen molar-refractivity contribution in [2.75, 3.05) is 6.61 Å². The van der Waals surface area contributed by atoms with E-state index in [4.69, 9.17) is 9.84 Å². The Labute approximate surface area is 110 Å². The molecule has 1 aromatic heterocycles. The second kappa shape index (κ2) is 6.49. The van der Waals surface area contributed by atoms with Gasteiger partial charge in [-0.25, -0.2) is 14.8 Å². The highest BCUT2D eigenvalue weighted by Gasteiger charge is 2.13. The molecule has 5 nitrogen and oxygen atoms in total. The van der Waals surface area contributed by atoms with E-state index < -0.39 is 5.97 Å². The molecule has 0 amide bonds. The zero-order chi connectivity index (χ0) is 13.5. The lowest BCUT2D eigenvalue weighted by Crippen LogP contribution is -2.08. The maximum atomic E-state index is 10.9. The van der Waals surface area contributed by atoms with Crippen molar-refractivity contribution >= 4 is 5.97 Å². The van der Waals surface area contributed by atoms with Gasteiger partial charge in [-0.05, 0) is 18.4 Å². The van der Waals surface area contributed by atoms with Crippen molar-refractivity contribution in [2.45, 2.75) is 12.8 Å². The summed E-state index contributed by atoms with van der Waals surface area (Å²) in [6, 6.07) is 10.0. The van der Waals surface area contributed by atoms with Gasteiger partial charge < -0.3 is 9.84 Å². The Kier molecular flexibility index (Phi) is 4.44. The van der Waals surface area contributed by atoms with Gasteiger partial charge in [-0.15, -0.1) is 0 Å². The number of hydrogen-bond donors (Lipinski definition) is 1. The summed E-state index contributed by atoms with van der Waals surface area (Å²) in [6.45, 7) is 0.411. The first kappa shape index (κ1) is 13.0. The van der Waals surface area contributed by atoms with Crippen molar-refractivity contribution in [2.24, 2.45) is 0 Å². The van der Waals surface area contributed by atoms with Crippen LogP contribution in [0.15, 0.2) is 42.7 Å². The number of nitrogens with zero attached hydrogens (tertiary/aromatic N) is 2. The Morgan fingerprint density at radius 3 is 2.63 bits per heavy atom. The average molecular weight is 258 g/mol. The molecule has 0 saturated heterocycles. The normalized spacial score (nSPS) is 10.1. The molecule has 2 aromatic rings. The predicted molar refractivity (Wildman–Crippen MR) is 69.2 cm³/mol. The number of aromatic carboxylic acids is 1. The van der Waals surface area contributed by atoms with Crippen LogP contribution < -0.4 is 4.74 Å². The molecular weight excluding hydrogens is 244 g/mol. The van der Waals surface area contributed by atoms with Crippen LogP contribution >= 0.6 is 0 Å². The van der Waals surface area contributed by atoms with Crippen LogP contribution in [0.5, 0.6) is 5.88 Å². The van der Waals surface area contributed by atoms with Crippen LogP contribution in [0.3, 0.4) is 0 Å². The minimum atomic E-state index is -1.13. The van der Waals surface area contributed by atoms with Gasteiger partial charge in [0, 0.05) is 12.4 Å². The second-order valence-electron chi connectivity index (χ2n) is 3.95. The lowest BCUT2D eigenvalue weighted by Gasteiger charge is -2.06. The topological polar surface area (TPSA) is 72.3 Å². The zero-order valence-corrected chi connectivity index (χ0v) is 10.3. The standard InChI is InChI=1S/C14H14N2O3/c17-14(18)12-13(16-9-8-15-12)19-10-4-7-11-5-2-1-3-6-11/h1-3,5-6,8-9H,4,7,10H2,(H,17,18). The summed E-state index contributed by atoms with van der Waals surface area (Å²) < 4.78 is 5.37. The first-order valence-corrected chi connectivity index (χ1v) is 5.98. The molecule has 0 unspecified atom stereocenters. The smallest absolute Gasteiger partial charge is 0.360 e. The Hall–Kier alpha value is -2.43. The van der Waals surface area contributed by atoms with Crippen molar-refractivity contribution in [3.63, 3.8) is 0 Å². The van der Waals surface area contributed by atoms with Crippen LogP contribution in [-0.4, -0.2) is 27.7 Å². The number of rotatable bonds is 6. The molecule has 2 rings (SSSR count). The number of aryl methyl sites for hydroxylation is 1. The third-order valence-corrected chi connectivity index (χ3v) is 2.56. The van der Waals surface area contributed by atoms with E-state index >= 15 is 0 Å². The van der Waals surface area contributed by atoms with E-state index in [0.29, 0.717) is 6.61 Å². The molecule has 0 bridgehead atoms. The predicted octanol–water partition coefficient (Wildman–Crippen LogP) is 2.19. The van der Waals surface area contributed by atoms with E-state index in [0.717, 1.165) is 12.8 Å². The minimum absolute atomic E-state index is 0.0723. The van der Waals surface area contributed by atoms with Crippen molar-refractivity contribution in [1.29, 1.82) is 0 Å². The quantitative estimate of drug-likeness (QED) is 0.804. The molecule has 0 radical (unpaired) electrons. The molecule has 98 valence electrons. The van der Waals surface area contributed by atoms with Crippen LogP contribution in [0.4, 0.5) is 0 Å². The van der Waals surface area contributed by atoms with E-state index in [2.05, 4.69) is 9.97 Å². The van der Waals surface area contributed by atoms with Crippen LogP contribution in [-0.2, 0) is 6.42 Å². The van der Waals surface area contributed by atoms with Gasteiger partial charge in [0.15, 0.2) is 0 Å². The van der Waals surface area contributed by atoms with Crippen LogP contribution in [0.2, 0.25) is 0 Å². The molecule has 0 aliphatic heterocycles. The molecular formula is C14H14N2O3. The largest absolute Gasteiger partial charge is 0.476 e. The first-order valence-electron chi connectivity index (χ1n) is 5.98. The number of carboxylic acid groups (broad SMARTS) is 1. The molecule has 0 saturated carbocycles.